The minimum Gasteiger partial charge on any atom is -0.326 e. The molecule has 0 bridgehead atoms. The number of likely N-dealkylation sites (N-methyl/N-ethyl adjacent to an activating group) is 1. The molecule has 0 atom stereocenters. The molecule has 3 heteroatoms. The summed E-state index contributed by atoms with van der Waals surface area (Å²) < 4.78 is 0. The summed E-state index contributed by atoms with van der Waals surface area (Å²) in [7, 11) is 2.13. The van der Waals surface area contributed by atoms with Gasteiger partial charge in [-0.25, -0.2) is 0 Å². The van der Waals surface area contributed by atoms with Crippen molar-refractivity contribution in [2.45, 2.75) is 19.5 Å². The zero-order chi connectivity index (χ0) is 14.4. The average Bonchev–Trinajstić information content (AvgIpc) is 2.45. The highest BCUT2D eigenvalue weighted by molar-refractivity contribution is 6.30. The number of nitrogens with two attached hydrogens (primary N) is 1. The maximum Gasteiger partial charge on any atom is 0.0409 e. The average molecular weight is 289 g/mol. The van der Waals surface area contributed by atoms with Crippen LogP contribution in [0.15, 0.2) is 48.5 Å². The van der Waals surface area contributed by atoms with Gasteiger partial charge in [-0.1, -0.05) is 48.0 Å². The van der Waals surface area contributed by atoms with Crippen LogP contribution in [-0.4, -0.2) is 18.5 Å². The fraction of sp³-hybridized carbons (Fsp3) is 0.294. The Bertz CT molecular complexity index is 554. The van der Waals surface area contributed by atoms with Gasteiger partial charge < -0.3 is 10.6 Å². The summed E-state index contributed by atoms with van der Waals surface area (Å²) in [5, 5.41) is 0.796. The van der Waals surface area contributed by atoms with Gasteiger partial charge in [-0.3, -0.25) is 0 Å². The zero-order valence-corrected chi connectivity index (χ0v) is 12.6. The van der Waals surface area contributed by atoms with Crippen molar-refractivity contribution in [3.05, 3.63) is 70.2 Å². The maximum atomic E-state index is 6.01. The Morgan fingerprint density at radius 3 is 2.50 bits per heavy atom. The third-order valence-electron chi connectivity index (χ3n) is 3.44. The van der Waals surface area contributed by atoms with Crippen LogP contribution in [0.5, 0.6) is 0 Å². The van der Waals surface area contributed by atoms with E-state index in [0.29, 0.717) is 6.54 Å². The lowest BCUT2D eigenvalue weighted by Crippen LogP contribution is -2.21. The Kier molecular flexibility index (Phi) is 5.60. The third-order valence-corrected chi connectivity index (χ3v) is 3.68. The fourth-order valence-corrected chi connectivity index (χ4v) is 2.55. The van der Waals surface area contributed by atoms with Gasteiger partial charge in [0.05, 0.1) is 0 Å². The molecule has 0 fully saturated rings. The Morgan fingerprint density at radius 2 is 1.80 bits per heavy atom. The lowest BCUT2D eigenvalue weighted by molar-refractivity contribution is 0.331. The highest BCUT2D eigenvalue weighted by Gasteiger charge is 2.04. The Balaban J connectivity index is 1.90. The van der Waals surface area contributed by atoms with Crippen molar-refractivity contribution in [3.63, 3.8) is 0 Å². The molecular formula is C17H21ClN2. The summed E-state index contributed by atoms with van der Waals surface area (Å²) >= 11 is 6.01. The van der Waals surface area contributed by atoms with Crippen LogP contribution in [0.3, 0.4) is 0 Å². The van der Waals surface area contributed by atoms with Crippen molar-refractivity contribution in [1.82, 2.24) is 4.90 Å². The van der Waals surface area contributed by atoms with E-state index in [-0.39, 0.29) is 0 Å². The molecule has 0 unspecified atom stereocenters. The maximum absolute atomic E-state index is 6.01. The second-order valence-corrected chi connectivity index (χ2v) is 5.53. The quantitative estimate of drug-likeness (QED) is 0.882. The van der Waals surface area contributed by atoms with Gasteiger partial charge >= 0.3 is 0 Å². The Hall–Kier alpha value is -1.35. The molecule has 2 nitrogen and oxygen atoms in total. The summed E-state index contributed by atoms with van der Waals surface area (Å²) in [4.78, 5) is 2.30. The van der Waals surface area contributed by atoms with Gasteiger partial charge in [0.25, 0.3) is 0 Å². The molecule has 0 radical (unpaired) electrons. The standard InChI is InChI=1S/C17H21ClN2/c1-20(13-14-5-4-8-17(18)11-14)10-9-15-6-2-3-7-16(15)12-19/h2-8,11H,9-10,12-13,19H2,1H3. The molecule has 0 saturated carbocycles. The molecule has 106 valence electrons. The second kappa shape index (κ2) is 7.44. The van der Waals surface area contributed by atoms with Crippen LogP contribution >= 0.6 is 11.6 Å². The van der Waals surface area contributed by atoms with Gasteiger partial charge in [-0.15, -0.1) is 0 Å². The van der Waals surface area contributed by atoms with Gasteiger partial charge in [0.2, 0.25) is 0 Å². The van der Waals surface area contributed by atoms with E-state index < -0.39 is 0 Å². The molecule has 0 spiro atoms. The fourth-order valence-electron chi connectivity index (χ4n) is 2.34. The van der Waals surface area contributed by atoms with Crippen molar-refractivity contribution >= 4 is 11.6 Å². The third kappa shape index (κ3) is 4.34. The molecule has 0 saturated heterocycles. The van der Waals surface area contributed by atoms with Gasteiger partial charge in [-0.2, -0.15) is 0 Å². The van der Waals surface area contributed by atoms with Crippen molar-refractivity contribution in [1.29, 1.82) is 0 Å². The van der Waals surface area contributed by atoms with Crippen LogP contribution in [0.4, 0.5) is 0 Å². The molecule has 0 aliphatic carbocycles. The molecule has 0 aromatic heterocycles. The van der Waals surface area contributed by atoms with Crippen molar-refractivity contribution < 1.29 is 0 Å². The minimum atomic E-state index is 0.605. The summed E-state index contributed by atoms with van der Waals surface area (Å²) in [6.07, 6.45) is 1.02. The van der Waals surface area contributed by atoms with E-state index in [1.165, 1.54) is 16.7 Å². The number of halogens is 1. The number of rotatable bonds is 6. The molecule has 0 heterocycles. The first-order chi connectivity index (χ1) is 9.69. The van der Waals surface area contributed by atoms with E-state index in [1.807, 2.05) is 24.3 Å². The van der Waals surface area contributed by atoms with E-state index in [0.717, 1.165) is 24.5 Å². The molecule has 2 N–H and O–H groups in total. The first-order valence-corrected chi connectivity index (χ1v) is 7.26. The molecule has 2 aromatic carbocycles. The van der Waals surface area contributed by atoms with Crippen LogP contribution in [0.2, 0.25) is 5.02 Å². The normalized spacial score (nSPS) is 11.0. The highest BCUT2D eigenvalue weighted by Crippen LogP contribution is 2.13. The van der Waals surface area contributed by atoms with Gasteiger partial charge in [0.1, 0.15) is 0 Å². The topological polar surface area (TPSA) is 29.3 Å². The monoisotopic (exact) mass is 288 g/mol. The zero-order valence-electron chi connectivity index (χ0n) is 11.8. The van der Waals surface area contributed by atoms with Gasteiger partial charge in [-0.05, 0) is 42.3 Å². The van der Waals surface area contributed by atoms with Crippen LogP contribution in [0.25, 0.3) is 0 Å². The predicted octanol–water partition coefficient (Wildman–Crippen LogP) is 3.47. The van der Waals surface area contributed by atoms with Crippen LogP contribution in [0.1, 0.15) is 16.7 Å². The van der Waals surface area contributed by atoms with E-state index in [4.69, 9.17) is 17.3 Å². The molecule has 20 heavy (non-hydrogen) atoms. The first-order valence-electron chi connectivity index (χ1n) is 6.89. The van der Waals surface area contributed by atoms with Crippen LogP contribution in [-0.2, 0) is 19.5 Å². The van der Waals surface area contributed by atoms with Crippen molar-refractivity contribution in [3.8, 4) is 0 Å². The summed E-state index contributed by atoms with van der Waals surface area (Å²) in [6, 6.07) is 16.4. The Morgan fingerprint density at radius 1 is 1.05 bits per heavy atom. The van der Waals surface area contributed by atoms with Gasteiger partial charge in [0, 0.05) is 24.7 Å². The van der Waals surface area contributed by atoms with E-state index in [2.05, 4.69) is 36.2 Å². The predicted molar refractivity (Wildman–Crippen MR) is 85.8 cm³/mol. The highest BCUT2D eigenvalue weighted by atomic mass is 35.5. The smallest absolute Gasteiger partial charge is 0.0409 e. The molecule has 0 aliphatic heterocycles. The molecular weight excluding hydrogens is 268 g/mol. The summed E-state index contributed by atoms with van der Waals surface area (Å²) in [5.74, 6) is 0. The number of nitrogens with zero attached hydrogens (tertiary/aromatic N) is 1. The van der Waals surface area contributed by atoms with Crippen LogP contribution < -0.4 is 5.73 Å². The molecule has 2 aromatic rings. The molecule has 0 aliphatic rings. The molecule has 0 amide bonds. The first kappa shape index (κ1) is 15.0. The second-order valence-electron chi connectivity index (χ2n) is 5.09. The molecule has 2 rings (SSSR count). The van der Waals surface area contributed by atoms with Crippen molar-refractivity contribution in [2.75, 3.05) is 13.6 Å². The number of hydrogen-bond donors (Lipinski definition) is 1. The van der Waals surface area contributed by atoms with Crippen molar-refractivity contribution in [2.24, 2.45) is 5.73 Å². The van der Waals surface area contributed by atoms with E-state index >= 15 is 0 Å². The van der Waals surface area contributed by atoms with Crippen LogP contribution in [0, 0.1) is 0 Å². The lowest BCUT2D eigenvalue weighted by atomic mass is 10.0. The van der Waals surface area contributed by atoms with E-state index in [9.17, 15) is 0 Å². The minimum absolute atomic E-state index is 0.605. The van der Waals surface area contributed by atoms with E-state index in [1.54, 1.807) is 0 Å². The summed E-state index contributed by atoms with van der Waals surface area (Å²) in [5.41, 5.74) is 9.59. The SMILES string of the molecule is CN(CCc1ccccc1CN)Cc1cccc(Cl)c1. The summed E-state index contributed by atoms with van der Waals surface area (Å²) in [6.45, 7) is 2.52. The Labute approximate surface area is 126 Å². The lowest BCUT2D eigenvalue weighted by Gasteiger charge is -2.18. The number of hydrogen-bond acceptors (Lipinski definition) is 2. The number of benzene rings is 2. The largest absolute Gasteiger partial charge is 0.326 e. The van der Waals surface area contributed by atoms with Gasteiger partial charge in [0.15, 0.2) is 0 Å².